The summed E-state index contributed by atoms with van der Waals surface area (Å²) in [7, 11) is 3.16. The van der Waals surface area contributed by atoms with Gasteiger partial charge < -0.3 is 10.2 Å². The second kappa shape index (κ2) is 9.38. The number of carbonyl (C=O) groups is 2. The molecule has 1 aromatic heterocycles. The van der Waals surface area contributed by atoms with Crippen LogP contribution in [0.1, 0.15) is 5.56 Å². The van der Waals surface area contributed by atoms with Crippen molar-refractivity contribution in [3.8, 4) is 17.1 Å². The Bertz CT molecular complexity index is 986. The Balaban J connectivity index is 1.87. The molecule has 0 bridgehead atoms. The highest BCUT2D eigenvalue weighted by Gasteiger charge is 2.19. The minimum absolute atomic E-state index is 0.0236. The molecule has 2 amide bonds. The van der Waals surface area contributed by atoms with Gasteiger partial charge in [-0.1, -0.05) is 59.8 Å². The van der Waals surface area contributed by atoms with Crippen LogP contribution >= 0.6 is 11.8 Å². The van der Waals surface area contributed by atoms with Gasteiger partial charge in [-0.2, -0.15) is 0 Å². The highest BCUT2D eigenvalue weighted by Crippen LogP contribution is 2.28. The summed E-state index contributed by atoms with van der Waals surface area (Å²) in [5, 5.41) is 11.8. The molecular weight excluding hydrogens is 386 g/mol. The summed E-state index contributed by atoms with van der Waals surface area (Å²) in [6.45, 7) is 2.06. The molecule has 3 aromatic rings. The first kappa shape index (κ1) is 20.6. The summed E-state index contributed by atoms with van der Waals surface area (Å²) in [4.78, 5) is 25.3. The molecule has 150 valence electrons. The molecule has 0 saturated heterocycles. The number of aromatic nitrogens is 3. The Morgan fingerprint density at radius 2 is 1.76 bits per heavy atom. The SMILES string of the molecule is CNC(=O)CN(C)C(=O)CSc1nnc(-c2ccccc2)n1-c1ccc(C)cc1. The van der Waals surface area contributed by atoms with Crippen molar-refractivity contribution in [3.05, 3.63) is 60.2 Å². The summed E-state index contributed by atoms with van der Waals surface area (Å²) in [6, 6.07) is 17.9. The lowest BCUT2D eigenvalue weighted by atomic mass is 10.2. The number of amides is 2. The lowest BCUT2D eigenvalue weighted by Crippen LogP contribution is -2.37. The van der Waals surface area contributed by atoms with Gasteiger partial charge in [0.1, 0.15) is 0 Å². The van der Waals surface area contributed by atoms with E-state index in [2.05, 4.69) is 15.5 Å². The Kier molecular flexibility index (Phi) is 6.66. The molecule has 0 aliphatic carbocycles. The van der Waals surface area contributed by atoms with Crippen LogP contribution in [0.25, 0.3) is 17.1 Å². The van der Waals surface area contributed by atoms with E-state index >= 15 is 0 Å². The largest absolute Gasteiger partial charge is 0.358 e. The van der Waals surface area contributed by atoms with E-state index in [0.717, 1.165) is 16.8 Å². The van der Waals surface area contributed by atoms with E-state index in [1.807, 2.05) is 66.1 Å². The molecule has 0 aliphatic rings. The van der Waals surface area contributed by atoms with Crippen molar-refractivity contribution in [2.24, 2.45) is 0 Å². The van der Waals surface area contributed by atoms with Crippen LogP contribution in [0, 0.1) is 6.92 Å². The quantitative estimate of drug-likeness (QED) is 0.607. The topological polar surface area (TPSA) is 80.1 Å². The molecule has 0 fully saturated rings. The molecule has 0 atom stereocenters. The van der Waals surface area contributed by atoms with E-state index < -0.39 is 0 Å². The molecule has 0 spiro atoms. The van der Waals surface area contributed by atoms with E-state index in [1.54, 1.807) is 14.1 Å². The highest BCUT2D eigenvalue weighted by molar-refractivity contribution is 7.99. The van der Waals surface area contributed by atoms with Crippen molar-refractivity contribution in [3.63, 3.8) is 0 Å². The summed E-state index contributed by atoms with van der Waals surface area (Å²) in [5.41, 5.74) is 3.02. The van der Waals surface area contributed by atoms with Crippen molar-refractivity contribution in [1.29, 1.82) is 0 Å². The molecule has 29 heavy (non-hydrogen) atoms. The fourth-order valence-electron chi connectivity index (χ4n) is 2.68. The van der Waals surface area contributed by atoms with E-state index in [1.165, 1.54) is 16.7 Å². The van der Waals surface area contributed by atoms with E-state index in [0.29, 0.717) is 11.0 Å². The van der Waals surface area contributed by atoms with Crippen molar-refractivity contribution in [1.82, 2.24) is 25.0 Å². The van der Waals surface area contributed by atoms with Crippen LogP contribution in [0.5, 0.6) is 0 Å². The Morgan fingerprint density at radius 1 is 1.07 bits per heavy atom. The molecule has 8 heteroatoms. The van der Waals surface area contributed by atoms with Crippen molar-refractivity contribution in [2.75, 3.05) is 26.4 Å². The summed E-state index contributed by atoms with van der Waals surface area (Å²) in [6.07, 6.45) is 0. The van der Waals surface area contributed by atoms with Crippen molar-refractivity contribution in [2.45, 2.75) is 12.1 Å². The first-order chi connectivity index (χ1) is 14.0. The fourth-order valence-corrected chi connectivity index (χ4v) is 3.58. The summed E-state index contributed by atoms with van der Waals surface area (Å²) >= 11 is 1.30. The number of benzene rings is 2. The van der Waals surface area contributed by atoms with Gasteiger partial charge in [0.05, 0.1) is 12.3 Å². The summed E-state index contributed by atoms with van der Waals surface area (Å²) in [5.74, 6) is 0.508. The predicted molar refractivity (Wildman–Crippen MR) is 114 cm³/mol. The maximum Gasteiger partial charge on any atom is 0.239 e. The van der Waals surface area contributed by atoms with Crippen LogP contribution in [-0.2, 0) is 9.59 Å². The highest BCUT2D eigenvalue weighted by atomic mass is 32.2. The van der Waals surface area contributed by atoms with E-state index in [9.17, 15) is 9.59 Å². The molecule has 7 nitrogen and oxygen atoms in total. The minimum atomic E-state index is -0.208. The standard InChI is InChI=1S/C21H23N5O2S/c1-15-9-11-17(12-10-15)26-20(16-7-5-4-6-8-16)23-24-21(26)29-14-19(28)25(3)13-18(27)22-2/h4-12H,13-14H2,1-3H3,(H,22,27). The number of thioether (sulfide) groups is 1. The third-order valence-electron chi connectivity index (χ3n) is 4.37. The number of aryl methyl sites for hydroxylation is 1. The molecule has 1 N–H and O–H groups in total. The van der Waals surface area contributed by atoms with Gasteiger partial charge in [0, 0.05) is 25.3 Å². The molecular formula is C21H23N5O2S. The monoisotopic (exact) mass is 409 g/mol. The molecule has 0 unspecified atom stereocenters. The maximum absolute atomic E-state index is 12.4. The number of hydrogen-bond donors (Lipinski definition) is 1. The van der Waals surface area contributed by atoms with Gasteiger partial charge in [-0.15, -0.1) is 10.2 Å². The van der Waals surface area contributed by atoms with Gasteiger partial charge in [0.25, 0.3) is 0 Å². The van der Waals surface area contributed by atoms with Crippen molar-refractivity contribution < 1.29 is 9.59 Å². The summed E-state index contributed by atoms with van der Waals surface area (Å²) < 4.78 is 1.95. The average Bonchev–Trinajstić information content (AvgIpc) is 3.17. The Labute approximate surface area is 174 Å². The second-order valence-electron chi connectivity index (χ2n) is 6.55. The first-order valence-corrected chi connectivity index (χ1v) is 10.1. The number of nitrogens with zero attached hydrogens (tertiary/aromatic N) is 4. The molecule has 0 radical (unpaired) electrons. The van der Waals surface area contributed by atoms with Crippen LogP contribution in [-0.4, -0.2) is 57.9 Å². The third kappa shape index (κ3) is 5.03. The van der Waals surface area contributed by atoms with Gasteiger partial charge in [-0.25, -0.2) is 0 Å². The zero-order valence-electron chi connectivity index (χ0n) is 16.6. The van der Waals surface area contributed by atoms with Gasteiger partial charge in [-0.05, 0) is 19.1 Å². The zero-order chi connectivity index (χ0) is 20.8. The van der Waals surface area contributed by atoms with E-state index in [-0.39, 0.29) is 24.1 Å². The van der Waals surface area contributed by atoms with Gasteiger partial charge in [0.2, 0.25) is 11.8 Å². The van der Waals surface area contributed by atoms with Crippen LogP contribution in [0.2, 0.25) is 0 Å². The minimum Gasteiger partial charge on any atom is -0.358 e. The maximum atomic E-state index is 12.4. The van der Waals surface area contributed by atoms with Crippen LogP contribution in [0.15, 0.2) is 59.8 Å². The number of rotatable bonds is 7. The smallest absolute Gasteiger partial charge is 0.239 e. The lowest BCUT2D eigenvalue weighted by molar-refractivity contribution is -0.132. The second-order valence-corrected chi connectivity index (χ2v) is 7.50. The third-order valence-corrected chi connectivity index (χ3v) is 5.28. The fraction of sp³-hybridized carbons (Fsp3) is 0.238. The normalized spacial score (nSPS) is 10.6. The Morgan fingerprint density at radius 3 is 2.41 bits per heavy atom. The molecule has 0 aliphatic heterocycles. The first-order valence-electron chi connectivity index (χ1n) is 9.15. The van der Waals surface area contributed by atoms with Crippen LogP contribution in [0.4, 0.5) is 0 Å². The zero-order valence-corrected chi connectivity index (χ0v) is 17.4. The lowest BCUT2D eigenvalue weighted by Gasteiger charge is -2.16. The van der Waals surface area contributed by atoms with Gasteiger partial charge >= 0.3 is 0 Å². The number of carbonyl (C=O) groups excluding carboxylic acids is 2. The van der Waals surface area contributed by atoms with Crippen LogP contribution < -0.4 is 5.32 Å². The van der Waals surface area contributed by atoms with Gasteiger partial charge in [-0.3, -0.25) is 14.2 Å². The predicted octanol–water partition coefficient (Wildman–Crippen LogP) is 2.54. The molecule has 0 saturated carbocycles. The van der Waals surface area contributed by atoms with Crippen LogP contribution in [0.3, 0.4) is 0 Å². The Hall–Kier alpha value is -3.13. The molecule has 3 rings (SSSR count). The number of hydrogen-bond acceptors (Lipinski definition) is 5. The molecule has 1 heterocycles. The average molecular weight is 410 g/mol. The number of likely N-dealkylation sites (N-methyl/N-ethyl adjacent to an activating group) is 2. The van der Waals surface area contributed by atoms with Crippen molar-refractivity contribution >= 4 is 23.6 Å². The van der Waals surface area contributed by atoms with E-state index in [4.69, 9.17) is 0 Å². The molecule has 2 aromatic carbocycles. The van der Waals surface area contributed by atoms with Gasteiger partial charge in [0.15, 0.2) is 11.0 Å². The number of nitrogens with one attached hydrogen (secondary N) is 1.